The van der Waals surface area contributed by atoms with Crippen LogP contribution >= 0.6 is 0 Å². The molecule has 2 amide bonds. The number of halogens is 3. The van der Waals surface area contributed by atoms with Gasteiger partial charge in [0.05, 0.1) is 18.8 Å². The Bertz CT molecular complexity index is 829. The van der Waals surface area contributed by atoms with Gasteiger partial charge >= 0.3 is 6.18 Å². The number of morpholine rings is 1. The maximum Gasteiger partial charge on any atom is 0.416 e. The zero-order valence-corrected chi connectivity index (χ0v) is 14.3. The summed E-state index contributed by atoms with van der Waals surface area (Å²) in [4.78, 5) is 26.5. The Morgan fingerprint density at radius 3 is 2.22 bits per heavy atom. The molecule has 0 spiro atoms. The minimum Gasteiger partial charge on any atom is -0.378 e. The fraction of sp³-hybridized carbons (Fsp3) is 0.263. The number of ether oxygens (including phenoxy) is 1. The SMILES string of the molecule is O=C(Nc1ccc(C(F)(F)F)cc1)c1cccc(C(=O)N2CCOCC2)c1. The summed E-state index contributed by atoms with van der Waals surface area (Å²) in [6.45, 7) is 1.92. The van der Waals surface area contributed by atoms with Gasteiger partial charge in [0.15, 0.2) is 0 Å². The number of benzene rings is 2. The van der Waals surface area contributed by atoms with Crippen LogP contribution in [0.1, 0.15) is 26.3 Å². The molecule has 2 aromatic rings. The van der Waals surface area contributed by atoms with E-state index in [0.717, 1.165) is 12.1 Å². The third-order valence-corrected chi connectivity index (χ3v) is 4.14. The van der Waals surface area contributed by atoms with Gasteiger partial charge in [0.1, 0.15) is 0 Å². The number of rotatable bonds is 3. The van der Waals surface area contributed by atoms with Crippen LogP contribution in [0.2, 0.25) is 0 Å². The highest BCUT2D eigenvalue weighted by atomic mass is 19.4. The molecule has 1 saturated heterocycles. The van der Waals surface area contributed by atoms with Crippen molar-refractivity contribution in [3.8, 4) is 0 Å². The van der Waals surface area contributed by atoms with Gasteiger partial charge in [-0.3, -0.25) is 9.59 Å². The first-order valence-electron chi connectivity index (χ1n) is 8.30. The number of carbonyl (C=O) groups excluding carboxylic acids is 2. The molecule has 0 atom stereocenters. The first-order valence-corrected chi connectivity index (χ1v) is 8.30. The van der Waals surface area contributed by atoms with E-state index in [1.807, 2.05) is 0 Å². The lowest BCUT2D eigenvalue weighted by molar-refractivity contribution is -0.137. The van der Waals surface area contributed by atoms with E-state index in [-0.39, 0.29) is 17.2 Å². The maximum atomic E-state index is 12.6. The molecule has 142 valence electrons. The second-order valence-electron chi connectivity index (χ2n) is 6.01. The molecule has 1 fully saturated rings. The molecule has 1 aliphatic heterocycles. The number of hydrogen-bond donors (Lipinski definition) is 1. The Morgan fingerprint density at radius 1 is 0.963 bits per heavy atom. The average Bonchev–Trinajstić information content (AvgIpc) is 2.68. The van der Waals surface area contributed by atoms with Crippen LogP contribution < -0.4 is 5.32 Å². The van der Waals surface area contributed by atoms with Crippen molar-refractivity contribution in [2.24, 2.45) is 0 Å². The lowest BCUT2D eigenvalue weighted by atomic mass is 10.1. The van der Waals surface area contributed by atoms with Crippen LogP contribution in [0.15, 0.2) is 48.5 Å². The summed E-state index contributed by atoms with van der Waals surface area (Å²) in [6.07, 6.45) is -4.43. The summed E-state index contributed by atoms with van der Waals surface area (Å²) in [6, 6.07) is 10.4. The number of nitrogens with one attached hydrogen (secondary N) is 1. The molecule has 0 unspecified atom stereocenters. The number of hydrogen-bond acceptors (Lipinski definition) is 3. The molecule has 1 heterocycles. The zero-order valence-electron chi connectivity index (χ0n) is 14.3. The van der Waals surface area contributed by atoms with Crippen molar-refractivity contribution in [3.05, 3.63) is 65.2 Å². The predicted molar refractivity (Wildman–Crippen MR) is 92.6 cm³/mol. The van der Waals surface area contributed by atoms with Gasteiger partial charge in [0.25, 0.3) is 11.8 Å². The van der Waals surface area contributed by atoms with Gasteiger partial charge in [0.2, 0.25) is 0 Å². The molecule has 3 rings (SSSR count). The predicted octanol–water partition coefficient (Wildman–Crippen LogP) is 3.43. The van der Waals surface area contributed by atoms with E-state index in [2.05, 4.69) is 5.32 Å². The lowest BCUT2D eigenvalue weighted by Crippen LogP contribution is -2.40. The van der Waals surface area contributed by atoms with Crippen molar-refractivity contribution in [2.75, 3.05) is 31.6 Å². The van der Waals surface area contributed by atoms with E-state index >= 15 is 0 Å². The van der Waals surface area contributed by atoms with Crippen LogP contribution in [-0.2, 0) is 10.9 Å². The number of alkyl halides is 3. The summed E-state index contributed by atoms with van der Waals surface area (Å²) in [5, 5.41) is 2.53. The third-order valence-electron chi connectivity index (χ3n) is 4.14. The third kappa shape index (κ3) is 4.65. The van der Waals surface area contributed by atoms with Crippen molar-refractivity contribution < 1.29 is 27.5 Å². The van der Waals surface area contributed by atoms with E-state index < -0.39 is 17.6 Å². The summed E-state index contributed by atoms with van der Waals surface area (Å²) >= 11 is 0. The first kappa shape index (κ1) is 18.9. The summed E-state index contributed by atoms with van der Waals surface area (Å²) in [7, 11) is 0. The van der Waals surface area contributed by atoms with Gasteiger partial charge in [0, 0.05) is 29.9 Å². The van der Waals surface area contributed by atoms with E-state index in [0.29, 0.717) is 31.9 Å². The second kappa shape index (κ2) is 7.79. The molecule has 5 nitrogen and oxygen atoms in total. The molecule has 2 aromatic carbocycles. The largest absolute Gasteiger partial charge is 0.416 e. The molecule has 0 aliphatic carbocycles. The summed E-state index contributed by atoms with van der Waals surface area (Å²) < 4.78 is 43.0. The highest BCUT2D eigenvalue weighted by molar-refractivity contribution is 6.06. The normalized spacial score (nSPS) is 14.7. The lowest BCUT2D eigenvalue weighted by Gasteiger charge is -2.27. The van der Waals surface area contributed by atoms with Crippen LogP contribution in [0.25, 0.3) is 0 Å². The number of carbonyl (C=O) groups is 2. The first-order chi connectivity index (χ1) is 12.8. The molecule has 0 radical (unpaired) electrons. The summed E-state index contributed by atoms with van der Waals surface area (Å²) in [5.41, 5.74) is 0.0579. The Kier molecular flexibility index (Phi) is 5.46. The number of nitrogens with zero attached hydrogens (tertiary/aromatic N) is 1. The van der Waals surface area contributed by atoms with Gasteiger partial charge in [-0.1, -0.05) is 6.07 Å². The van der Waals surface area contributed by atoms with Crippen LogP contribution in [0, 0.1) is 0 Å². The van der Waals surface area contributed by atoms with Crippen molar-refractivity contribution in [1.29, 1.82) is 0 Å². The minimum absolute atomic E-state index is 0.192. The molecular formula is C19H17F3N2O3. The van der Waals surface area contributed by atoms with Crippen molar-refractivity contribution in [2.45, 2.75) is 6.18 Å². The molecule has 0 bridgehead atoms. The van der Waals surface area contributed by atoms with Crippen LogP contribution in [-0.4, -0.2) is 43.0 Å². The smallest absolute Gasteiger partial charge is 0.378 e. The molecule has 27 heavy (non-hydrogen) atoms. The fourth-order valence-electron chi connectivity index (χ4n) is 2.69. The van der Waals surface area contributed by atoms with Crippen molar-refractivity contribution in [3.63, 3.8) is 0 Å². The van der Waals surface area contributed by atoms with Gasteiger partial charge < -0.3 is 15.0 Å². The summed E-state index contributed by atoms with van der Waals surface area (Å²) in [5.74, 6) is -0.700. The Morgan fingerprint density at radius 2 is 1.59 bits per heavy atom. The molecular weight excluding hydrogens is 361 g/mol. The van der Waals surface area contributed by atoms with Crippen molar-refractivity contribution >= 4 is 17.5 Å². The molecule has 1 N–H and O–H groups in total. The van der Waals surface area contributed by atoms with Crippen LogP contribution in [0.3, 0.4) is 0 Å². The monoisotopic (exact) mass is 378 g/mol. The Balaban J connectivity index is 1.70. The topological polar surface area (TPSA) is 58.6 Å². The highest BCUT2D eigenvalue weighted by Gasteiger charge is 2.30. The molecule has 1 aliphatic rings. The minimum atomic E-state index is -4.43. The molecule has 0 saturated carbocycles. The van der Waals surface area contributed by atoms with E-state index in [1.54, 1.807) is 17.0 Å². The maximum absolute atomic E-state index is 12.6. The van der Waals surface area contributed by atoms with Gasteiger partial charge in [-0.05, 0) is 42.5 Å². The standard InChI is InChI=1S/C19H17F3N2O3/c20-19(21,22)15-4-6-16(7-5-15)23-17(25)13-2-1-3-14(12-13)18(26)24-8-10-27-11-9-24/h1-7,12H,8-11H2,(H,23,25). The van der Waals surface area contributed by atoms with E-state index in [9.17, 15) is 22.8 Å². The molecule has 0 aromatic heterocycles. The highest BCUT2D eigenvalue weighted by Crippen LogP contribution is 2.29. The van der Waals surface area contributed by atoms with Crippen molar-refractivity contribution in [1.82, 2.24) is 4.90 Å². The number of anilines is 1. The van der Waals surface area contributed by atoms with Gasteiger partial charge in [-0.25, -0.2) is 0 Å². The fourth-order valence-corrected chi connectivity index (χ4v) is 2.69. The van der Waals surface area contributed by atoms with Crippen LogP contribution in [0.5, 0.6) is 0 Å². The molecule has 8 heteroatoms. The van der Waals surface area contributed by atoms with Gasteiger partial charge in [-0.2, -0.15) is 13.2 Å². The number of amides is 2. The Hall–Kier alpha value is -2.87. The average molecular weight is 378 g/mol. The van der Waals surface area contributed by atoms with Gasteiger partial charge in [-0.15, -0.1) is 0 Å². The van der Waals surface area contributed by atoms with E-state index in [1.165, 1.54) is 24.3 Å². The quantitative estimate of drug-likeness (QED) is 0.890. The van der Waals surface area contributed by atoms with Crippen LogP contribution in [0.4, 0.5) is 18.9 Å². The Labute approximate surface area is 153 Å². The van der Waals surface area contributed by atoms with E-state index in [4.69, 9.17) is 4.74 Å². The second-order valence-corrected chi connectivity index (χ2v) is 6.01. The zero-order chi connectivity index (χ0) is 19.4.